The van der Waals surface area contributed by atoms with Crippen LogP contribution >= 0.6 is 0 Å². The van der Waals surface area contributed by atoms with Crippen LogP contribution in [-0.2, 0) is 17.9 Å². The van der Waals surface area contributed by atoms with E-state index in [2.05, 4.69) is 21.9 Å². The molecule has 1 amide bonds. The highest BCUT2D eigenvalue weighted by Gasteiger charge is 2.50. The third-order valence-corrected chi connectivity index (χ3v) is 6.36. The molecule has 3 aromatic heterocycles. The van der Waals surface area contributed by atoms with E-state index in [0.717, 1.165) is 67.3 Å². The van der Waals surface area contributed by atoms with Gasteiger partial charge in [0, 0.05) is 42.8 Å². The van der Waals surface area contributed by atoms with Crippen molar-refractivity contribution in [2.45, 2.75) is 39.8 Å². The third-order valence-electron chi connectivity index (χ3n) is 6.36. The average molecular weight is 390 g/mol. The van der Waals surface area contributed by atoms with E-state index in [9.17, 15) is 4.79 Å². The van der Waals surface area contributed by atoms with Crippen LogP contribution in [0.4, 0.5) is 0 Å². The molecule has 0 radical (unpaired) electrons. The summed E-state index contributed by atoms with van der Waals surface area (Å²) >= 11 is 0. The topological polar surface area (TPSA) is 66.6 Å². The minimum absolute atomic E-state index is 0.239. The van der Waals surface area contributed by atoms with Gasteiger partial charge in [-0.05, 0) is 51.4 Å². The first-order valence-electron chi connectivity index (χ1n) is 10.3. The summed E-state index contributed by atoms with van der Waals surface area (Å²) < 4.78 is 1.91. The third kappa shape index (κ3) is 3.19. The van der Waals surface area contributed by atoms with Crippen LogP contribution in [0.5, 0.6) is 0 Å². The molecule has 1 spiro atoms. The number of hydrogen-bond donors (Lipinski definition) is 0. The number of pyridine rings is 1. The Morgan fingerprint density at radius 3 is 2.83 bits per heavy atom. The van der Waals surface area contributed by atoms with E-state index in [1.165, 1.54) is 0 Å². The maximum Gasteiger partial charge on any atom is 0.230 e. The maximum atomic E-state index is 13.2. The molecule has 0 saturated carbocycles. The molecule has 0 aromatic carbocycles. The van der Waals surface area contributed by atoms with Gasteiger partial charge in [-0.1, -0.05) is 6.07 Å². The quantitative estimate of drug-likeness (QED) is 0.684. The zero-order chi connectivity index (χ0) is 20.0. The molecule has 3 aromatic rings. The highest BCUT2D eigenvalue weighted by molar-refractivity contribution is 5.85. The molecule has 2 aliphatic rings. The molecule has 7 nitrogen and oxygen atoms in total. The maximum absolute atomic E-state index is 13.2. The van der Waals surface area contributed by atoms with Crippen LogP contribution in [-0.4, -0.2) is 54.9 Å². The predicted molar refractivity (Wildman–Crippen MR) is 109 cm³/mol. The largest absolute Gasteiger partial charge is 0.336 e. The van der Waals surface area contributed by atoms with Crippen molar-refractivity contribution < 1.29 is 4.79 Å². The second-order valence-corrected chi connectivity index (χ2v) is 8.48. The van der Waals surface area contributed by atoms with Crippen molar-refractivity contribution >= 4 is 11.6 Å². The van der Waals surface area contributed by atoms with E-state index in [0.29, 0.717) is 6.54 Å². The van der Waals surface area contributed by atoms with Gasteiger partial charge in [-0.25, -0.2) is 9.50 Å². The van der Waals surface area contributed by atoms with Crippen molar-refractivity contribution in [3.8, 4) is 0 Å². The summed E-state index contributed by atoms with van der Waals surface area (Å²) in [7, 11) is 0. The van der Waals surface area contributed by atoms with Gasteiger partial charge in [0.05, 0.1) is 23.9 Å². The molecule has 5 rings (SSSR count). The summed E-state index contributed by atoms with van der Waals surface area (Å²) in [4.78, 5) is 26.7. The molecule has 2 saturated heterocycles. The Kier molecular flexibility index (Phi) is 4.35. The molecule has 7 heteroatoms. The molecular weight excluding hydrogens is 364 g/mol. The van der Waals surface area contributed by atoms with Crippen LogP contribution in [0, 0.1) is 19.3 Å². The summed E-state index contributed by atoms with van der Waals surface area (Å²) in [5, 5.41) is 4.51. The van der Waals surface area contributed by atoms with Gasteiger partial charge < -0.3 is 4.90 Å². The van der Waals surface area contributed by atoms with Gasteiger partial charge in [0.1, 0.15) is 0 Å². The number of carbonyl (C=O) groups is 1. The smallest absolute Gasteiger partial charge is 0.230 e. The Balaban J connectivity index is 1.30. The molecular formula is C22H26N6O. The summed E-state index contributed by atoms with van der Waals surface area (Å²) in [6.45, 7) is 8.03. The minimum atomic E-state index is -0.239. The molecule has 0 bridgehead atoms. The van der Waals surface area contributed by atoms with Crippen molar-refractivity contribution in [2.75, 3.05) is 19.6 Å². The highest BCUT2D eigenvalue weighted by Crippen LogP contribution is 2.41. The van der Waals surface area contributed by atoms with Crippen LogP contribution in [0.15, 0.2) is 36.7 Å². The van der Waals surface area contributed by atoms with Gasteiger partial charge in [-0.3, -0.25) is 14.7 Å². The monoisotopic (exact) mass is 390 g/mol. The van der Waals surface area contributed by atoms with Gasteiger partial charge in [0.2, 0.25) is 5.91 Å². The molecule has 150 valence electrons. The number of amides is 1. The summed E-state index contributed by atoms with van der Waals surface area (Å²) in [5.41, 5.74) is 4.87. The first-order valence-corrected chi connectivity index (χ1v) is 10.3. The van der Waals surface area contributed by atoms with Gasteiger partial charge in [-0.2, -0.15) is 5.10 Å². The molecule has 29 heavy (non-hydrogen) atoms. The molecule has 0 aliphatic carbocycles. The van der Waals surface area contributed by atoms with Gasteiger partial charge >= 0.3 is 0 Å². The fourth-order valence-electron chi connectivity index (χ4n) is 4.87. The number of fused-ring (bicyclic) bond motifs is 1. The SMILES string of the molecule is Cc1cc(C)n2ncc(CN3CCC4(CCN(Cc5ccccn5)C4=O)C3)c2n1. The van der Waals surface area contributed by atoms with Crippen LogP contribution < -0.4 is 0 Å². The summed E-state index contributed by atoms with van der Waals surface area (Å²) in [5.74, 6) is 0.287. The summed E-state index contributed by atoms with van der Waals surface area (Å²) in [6, 6.07) is 7.91. The van der Waals surface area contributed by atoms with E-state index in [-0.39, 0.29) is 11.3 Å². The Morgan fingerprint density at radius 2 is 2.00 bits per heavy atom. The van der Waals surface area contributed by atoms with E-state index in [4.69, 9.17) is 4.98 Å². The fraction of sp³-hybridized carbons (Fsp3) is 0.455. The summed E-state index contributed by atoms with van der Waals surface area (Å²) in [6.07, 6.45) is 5.57. The Hall–Kier alpha value is -2.80. The van der Waals surface area contributed by atoms with Crippen molar-refractivity contribution in [3.63, 3.8) is 0 Å². The predicted octanol–water partition coefficient (Wildman–Crippen LogP) is 2.37. The van der Waals surface area contributed by atoms with Crippen molar-refractivity contribution in [3.05, 3.63) is 59.3 Å². The lowest BCUT2D eigenvalue weighted by Gasteiger charge is -2.23. The first kappa shape index (κ1) is 18.2. The molecule has 1 unspecified atom stereocenters. The number of nitrogens with zero attached hydrogens (tertiary/aromatic N) is 6. The first-order chi connectivity index (χ1) is 14.0. The average Bonchev–Trinajstić information content (AvgIpc) is 3.38. The Bertz CT molecular complexity index is 1060. The lowest BCUT2D eigenvalue weighted by molar-refractivity contribution is -0.136. The minimum Gasteiger partial charge on any atom is -0.336 e. The second-order valence-electron chi connectivity index (χ2n) is 8.48. The van der Waals surface area contributed by atoms with Crippen molar-refractivity contribution in [2.24, 2.45) is 5.41 Å². The second kappa shape index (κ2) is 6.91. The lowest BCUT2D eigenvalue weighted by Crippen LogP contribution is -2.36. The molecule has 2 fully saturated rings. The molecule has 1 atom stereocenters. The van der Waals surface area contributed by atoms with Gasteiger partial charge in [-0.15, -0.1) is 0 Å². The van der Waals surface area contributed by atoms with Crippen molar-refractivity contribution in [1.29, 1.82) is 0 Å². The number of carbonyl (C=O) groups excluding carboxylic acids is 1. The van der Waals surface area contributed by atoms with E-state index in [1.807, 2.05) is 46.8 Å². The number of aryl methyl sites for hydroxylation is 2. The normalized spacial score (nSPS) is 22.4. The fourth-order valence-corrected chi connectivity index (χ4v) is 4.87. The lowest BCUT2D eigenvalue weighted by atomic mass is 9.85. The zero-order valence-electron chi connectivity index (χ0n) is 17.0. The Labute approximate surface area is 170 Å². The van der Waals surface area contributed by atoms with E-state index < -0.39 is 0 Å². The van der Waals surface area contributed by atoms with Crippen LogP contribution in [0.1, 0.15) is 35.5 Å². The number of aromatic nitrogens is 4. The molecule has 5 heterocycles. The van der Waals surface area contributed by atoms with Gasteiger partial charge in [0.15, 0.2) is 5.65 Å². The van der Waals surface area contributed by atoms with Crippen LogP contribution in [0.25, 0.3) is 5.65 Å². The highest BCUT2D eigenvalue weighted by atomic mass is 16.2. The Morgan fingerprint density at radius 1 is 1.14 bits per heavy atom. The standard InChI is InChI=1S/C22H26N6O/c1-16-11-17(2)28-20(25-16)18(12-24-28)13-26-9-6-22(15-26)7-10-27(21(22)29)14-19-5-3-4-8-23-19/h3-5,8,11-12H,6-7,9-10,13-15H2,1-2H3. The number of rotatable bonds is 4. The van der Waals surface area contributed by atoms with Crippen LogP contribution in [0.2, 0.25) is 0 Å². The number of hydrogen-bond acceptors (Lipinski definition) is 5. The van der Waals surface area contributed by atoms with Crippen molar-refractivity contribution in [1.82, 2.24) is 29.4 Å². The van der Waals surface area contributed by atoms with Crippen LogP contribution in [0.3, 0.4) is 0 Å². The van der Waals surface area contributed by atoms with Gasteiger partial charge in [0.25, 0.3) is 0 Å². The molecule has 0 N–H and O–H groups in total. The van der Waals surface area contributed by atoms with E-state index in [1.54, 1.807) is 6.20 Å². The van der Waals surface area contributed by atoms with E-state index >= 15 is 0 Å². The zero-order valence-corrected chi connectivity index (χ0v) is 17.0. The molecule has 2 aliphatic heterocycles. The number of likely N-dealkylation sites (tertiary alicyclic amines) is 2.